The first-order valence-corrected chi connectivity index (χ1v) is 9.50. The number of aliphatic imine (C=N–C) groups is 1. The Balaban J connectivity index is 1.96. The maximum absolute atomic E-state index is 12.7. The maximum atomic E-state index is 12.7. The van der Waals surface area contributed by atoms with Crippen molar-refractivity contribution in [3.05, 3.63) is 42.5 Å². The van der Waals surface area contributed by atoms with Crippen LogP contribution in [0, 0.1) is 5.41 Å². The van der Waals surface area contributed by atoms with E-state index in [4.69, 9.17) is 4.74 Å². The first-order chi connectivity index (χ1) is 13.0. The standard InChI is InChI=1S/C21H32N4O2/c1-5-14-27-18-11-7-6-10-17(18)15-23-20(22-2)24-16-21(12-8-9-13-21)19(26)25(3)4/h5-7,10-11H,1,8-9,12-16H2,2-4H3,(H2,22,23,24). The second kappa shape index (κ2) is 10.00. The molecule has 0 atom stereocenters. The lowest BCUT2D eigenvalue weighted by atomic mass is 9.84. The Morgan fingerprint density at radius 3 is 2.63 bits per heavy atom. The minimum atomic E-state index is -0.327. The van der Waals surface area contributed by atoms with Crippen LogP contribution >= 0.6 is 0 Å². The van der Waals surface area contributed by atoms with Crippen LogP contribution < -0.4 is 15.4 Å². The van der Waals surface area contributed by atoms with Gasteiger partial charge in [0.15, 0.2) is 5.96 Å². The molecule has 0 aliphatic heterocycles. The van der Waals surface area contributed by atoms with Gasteiger partial charge >= 0.3 is 0 Å². The van der Waals surface area contributed by atoms with Crippen LogP contribution in [-0.4, -0.2) is 51.1 Å². The van der Waals surface area contributed by atoms with Gasteiger partial charge in [0.2, 0.25) is 5.91 Å². The number of amides is 1. The monoisotopic (exact) mass is 372 g/mol. The van der Waals surface area contributed by atoms with Crippen LogP contribution in [0.5, 0.6) is 5.75 Å². The molecule has 0 unspecified atom stereocenters. The normalized spacial score (nSPS) is 15.9. The predicted molar refractivity (Wildman–Crippen MR) is 110 cm³/mol. The van der Waals surface area contributed by atoms with Gasteiger partial charge in [0.25, 0.3) is 0 Å². The van der Waals surface area contributed by atoms with E-state index in [1.165, 1.54) is 0 Å². The van der Waals surface area contributed by atoms with E-state index < -0.39 is 0 Å². The molecule has 2 rings (SSSR count). The number of guanidine groups is 1. The number of carbonyl (C=O) groups is 1. The number of nitrogens with one attached hydrogen (secondary N) is 2. The highest BCUT2D eigenvalue weighted by molar-refractivity contribution is 5.85. The molecule has 0 heterocycles. The molecule has 1 aliphatic carbocycles. The lowest BCUT2D eigenvalue weighted by Crippen LogP contribution is -2.49. The number of carbonyl (C=O) groups excluding carboxylic acids is 1. The van der Waals surface area contributed by atoms with E-state index in [1.807, 2.05) is 38.4 Å². The van der Waals surface area contributed by atoms with Gasteiger partial charge in [0.1, 0.15) is 12.4 Å². The quantitative estimate of drug-likeness (QED) is 0.418. The number of nitrogens with zero attached hydrogens (tertiary/aromatic N) is 2. The average Bonchev–Trinajstić information content (AvgIpc) is 3.16. The van der Waals surface area contributed by atoms with E-state index in [9.17, 15) is 4.79 Å². The maximum Gasteiger partial charge on any atom is 0.230 e. The number of ether oxygens (including phenoxy) is 1. The number of rotatable bonds is 8. The van der Waals surface area contributed by atoms with Crippen LogP contribution in [0.15, 0.2) is 41.9 Å². The Bertz CT molecular complexity index is 664. The van der Waals surface area contributed by atoms with Gasteiger partial charge in [0.05, 0.1) is 5.41 Å². The molecule has 0 saturated heterocycles. The highest BCUT2D eigenvalue weighted by Gasteiger charge is 2.42. The molecule has 1 aromatic rings. The molecule has 0 aromatic heterocycles. The van der Waals surface area contributed by atoms with Gasteiger partial charge in [0, 0.05) is 39.8 Å². The van der Waals surface area contributed by atoms with Crippen LogP contribution in [0.3, 0.4) is 0 Å². The largest absolute Gasteiger partial charge is 0.489 e. The fourth-order valence-electron chi connectivity index (χ4n) is 3.58. The molecule has 1 aromatic carbocycles. The van der Waals surface area contributed by atoms with Crippen molar-refractivity contribution in [1.82, 2.24) is 15.5 Å². The fraction of sp³-hybridized carbons (Fsp3) is 0.524. The molecule has 1 amide bonds. The summed E-state index contributed by atoms with van der Waals surface area (Å²) < 4.78 is 5.70. The van der Waals surface area contributed by atoms with Crippen molar-refractivity contribution in [2.75, 3.05) is 34.3 Å². The second-order valence-corrected chi connectivity index (χ2v) is 7.17. The summed E-state index contributed by atoms with van der Waals surface area (Å²) in [4.78, 5) is 18.7. The summed E-state index contributed by atoms with van der Waals surface area (Å²) >= 11 is 0. The van der Waals surface area contributed by atoms with Crippen LogP contribution in [0.1, 0.15) is 31.2 Å². The van der Waals surface area contributed by atoms with Gasteiger partial charge in [-0.2, -0.15) is 0 Å². The Kier molecular flexibility index (Phi) is 7.70. The Hall–Kier alpha value is -2.50. The van der Waals surface area contributed by atoms with Crippen molar-refractivity contribution < 1.29 is 9.53 Å². The topological polar surface area (TPSA) is 66.0 Å². The van der Waals surface area contributed by atoms with Crippen LogP contribution in [-0.2, 0) is 11.3 Å². The molecule has 0 spiro atoms. The zero-order valence-corrected chi connectivity index (χ0v) is 16.8. The first-order valence-electron chi connectivity index (χ1n) is 9.50. The third-order valence-electron chi connectivity index (χ3n) is 5.01. The molecule has 1 saturated carbocycles. The van der Waals surface area contributed by atoms with Gasteiger partial charge in [-0.3, -0.25) is 9.79 Å². The second-order valence-electron chi connectivity index (χ2n) is 7.17. The van der Waals surface area contributed by atoms with Crippen LogP contribution in [0.4, 0.5) is 0 Å². The molecule has 6 nitrogen and oxygen atoms in total. The molecule has 27 heavy (non-hydrogen) atoms. The van der Waals surface area contributed by atoms with Gasteiger partial charge < -0.3 is 20.3 Å². The van der Waals surface area contributed by atoms with Crippen LogP contribution in [0.25, 0.3) is 0 Å². The molecule has 2 N–H and O–H groups in total. The van der Waals surface area contributed by atoms with E-state index in [2.05, 4.69) is 22.2 Å². The smallest absolute Gasteiger partial charge is 0.230 e. The van der Waals surface area contributed by atoms with Crippen molar-refractivity contribution in [2.45, 2.75) is 32.2 Å². The highest BCUT2D eigenvalue weighted by Crippen LogP contribution is 2.38. The van der Waals surface area contributed by atoms with Gasteiger partial charge in [-0.15, -0.1) is 0 Å². The number of benzene rings is 1. The van der Waals surface area contributed by atoms with Crippen LogP contribution in [0.2, 0.25) is 0 Å². The molecule has 1 fully saturated rings. The third-order valence-corrected chi connectivity index (χ3v) is 5.01. The van der Waals surface area contributed by atoms with Gasteiger partial charge in [-0.1, -0.05) is 43.7 Å². The van der Waals surface area contributed by atoms with E-state index in [0.29, 0.717) is 25.7 Å². The SMILES string of the molecule is C=CCOc1ccccc1CNC(=NC)NCC1(C(=O)N(C)C)CCCC1. The summed E-state index contributed by atoms with van der Waals surface area (Å²) in [5.41, 5.74) is 0.716. The highest BCUT2D eigenvalue weighted by atomic mass is 16.5. The van der Waals surface area contributed by atoms with Crippen molar-refractivity contribution in [3.8, 4) is 5.75 Å². The Morgan fingerprint density at radius 1 is 1.30 bits per heavy atom. The van der Waals surface area contributed by atoms with Gasteiger partial charge in [-0.05, 0) is 18.9 Å². The van der Waals surface area contributed by atoms with Crippen molar-refractivity contribution in [1.29, 1.82) is 0 Å². The minimum absolute atomic E-state index is 0.200. The molecule has 6 heteroatoms. The predicted octanol–water partition coefficient (Wildman–Crippen LogP) is 2.57. The zero-order valence-electron chi connectivity index (χ0n) is 16.8. The summed E-state index contributed by atoms with van der Waals surface area (Å²) in [5, 5.41) is 6.68. The van der Waals surface area contributed by atoms with E-state index in [-0.39, 0.29) is 11.3 Å². The fourth-order valence-corrected chi connectivity index (χ4v) is 3.58. The lowest BCUT2D eigenvalue weighted by molar-refractivity contribution is -0.138. The summed E-state index contributed by atoms with van der Waals surface area (Å²) in [6.45, 7) is 5.34. The summed E-state index contributed by atoms with van der Waals surface area (Å²) in [5.74, 6) is 1.72. The number of hydrogen-bond acceptors (Lipinski definition) is 3. The summed E-state index contributed by atoms with van der Waals surface area (Å²) in [6.07, 6.45) is 5.77. The number of para-hydroxylation sites is 1. The van der Waals surface area contributed by atoms with Crippen molar-refractivity contribution >= 4 is 11.9 Å². The first kappa shape index (κ1) is 20.8. The Labute approximate surface area is 162 Å². The molecule has 0 radical (unpaired) electrons. The molecule has 148 valence electrons. The summed E-state index contributed by atoms with van der Waals surface area (Å²) in [6, 6.07) is 7.90. The Morgan fingerprint density at radius 2 is 2.00 bits per heavy atom. The zero-order chi connectivity index (χ0) is 19.7. The van der Waals surface area contributed by atoms with Crippen molar-refractivity contribution in [3.63, 3.8) is 0 Å². The minimum Gasteiger partial charge on any atom is -0.489 e. The van der Waals surface area contributed by atoms with E-state index >= 15 is 0 Å². The molecule has 0 bridgehead atoms. The number of hydrogen-bond donors (Lipinski definition) is 2. The molecular formula is C21H32N4O2. The molecule has 1 aliphatic rings. The summed E-state index contributed by atoms with van der Waals surface area (Å²) in [7, 11) is 5.40. The van der Waals surface area contributed by atoms with E-state index in [0.717, 1.165) is 37.0 Å². The van der Waals surface area contributed by atoms with Gasteiger partial charge in [-0.25, -0.2) is 0 Å². The van der Waals surface area contributed by atoms with Crippen molar-refractivity contribution in [2.24, 2.45) is 10.4 Å². The third kappa shape index (κ3) is 5.49. The van der Waals surface area contributed by atoms with E-state index in [1.54, 1.807) is 18.0 Å². The lowest BCUT2D eigenvalue weighted by Gasteiger charge is -2.31. The molecular weight excluding hydrogens is 340 g/mol. The average molecular weight is 373 g/mol.